The lowest BCUT2D eigenvalue weighted by atomic mass is 9.95. The topological polar surface area (TPSA) is 56.2 Å². The Bertz CT molecular complexity index is 1070. The summed E-state index contributed by atoms with van der Waals surface area (Å²) >= 11 is 0. The molecule has 1 aromatic heterocycles. The highest BCUT2D eigenvalue weighted by molar-refractivity contribution is 6.02. The van der Waals surface area contributed by atoms with Crippen LogP contribution in [0.2, 0.25) is 0 Å². The van der Waals surface area contributed by atoms with Gasteiger partial charge >= 0.3 is 0 Å². The van der Waals surface area contributed by atoms with Crippen LogP contribution in [-0.2, 0) is 0 Å². The van der Waals surface area contributed by atoms with Crippen molar-refractivity contribution < 1.29 is 14.2 Å². The number of pyridine rings is 1. The first-order valence-electron chi connectivity index (χ1n) is 10.1. The summed E-state index contributed by atoms with van der Waals surface area (Å²) in [6.45, 7) is 2.64. The molecule has 2 aliphatic rings. The van der Waals surface area contributed by atoms with E-state index >= 15 is 0 Å². The van der Waals surface area contributed by atoms with Gasteiger partial charge in [-0.25, -0.2) is 5.01 Å². The maximum absolute atomic E-state index is 6.42. The molecule has 0 amide bonds. The highest BCUT2D eigenvalue weighted by Gasteiger charge is 2.42. The van der Waals surface area contributed by atoms with Crippen LogP contribution >= 0.6 is 0 Å². The van der Waals surface area contributed by atoms with Crippen LogP contribution in [0.25, 0.3) is 0 Å². The quantitative estimate of drug-likeness (QED) is 0.619. The second kappa shape index (κ2) is 7.71. The summed E-state index contributed by atoms with van der Waals surface area (Å²) in [5, 5.41) is 7.03. The average Bonchev–Trinajstić information content (AvgIpc) is 3.25. The molecule has 2 aromatic carbocycles. The molecule has 2 aliphatic heterocycles. The van der Waals surface area contributed by atoms with Crippen molar-refractivity contribution >= 4 is 5.71 Å². The van der Waals surface area contributed by atoms with Gasteiger partial charge in [-0.3, -0.25) is 4.98 Å². The van der Waals surface area contributed by atoms with Gasteiger partial charge < -0.3 is 14.2 Å². The number of aromatic nitrogens is 1. The van der Waals surface area contributed by atoms with E-state index in [1.54, 1.807) is 13.3 Å². The van der Waals surface area contributed by atoms with Crippen molar-refractivity contribution in [3.63, 3.8) is 0 Å². The van der Waals surface area contributed by atoms with Gasteiger partial charge in [-0.05, 0) is 48.9 Å². The number of hydrogen-bond donors (Lipinski definition) is 0. The first-order chi connectivity index (χ1) is 14.8. The molecule has 0 saturated carbocycles. The molecule has 30 heavy (non-hydrogen) atoms. The van der Waals surface area contributed by atoms with Crippen LogP contribution in [0.3, 0.4) is 0 Å². The van der Waals surface area contributed by atoms with Crippen LogP contribution in [0.15, 0.2) is 72.1 Å². The SMILES string of the molecule is CCOc1ccc(C2=NN3[C@H](C2)c2cccc(OC)c2O[C@@H]3c2cccnc2)cc1. The Kier molecular flexibility index (Phi) is 4.75. The minimum absolute atomic E-state index is 0.0654. The van der Waals surface area contributed by atoms with Crippen LogP contribution in [0, 0.1) is 0 Å². The summed E-state index contributed by atoms with van der Waals surface area (Å²) in [5.74, 6) is 2.37. The Morgan fingerprint density at radius 1 is 1.10 bits per heavy atom. The van der Waals surface area contributed by atoms with Crippen molar-refractivity contribution in [1.29, 1.82) is 0 Å². The van der Waals surface area contributed by atoms with Crippen molar-refractivity contribution in [1.82, 2.24) is 9.99 Å². The zero-order chi connectivity index (χ0) is 20.5. The molecule has 0 N–H and O–H groups in total. The lowest BCUT2D eigenvalue weighted by Gasteiger charge is -2.38. The largest absolute Gasteiger partial charge is 0.494 e. The van der Waals surface area contributed by atoms with Gasteiger partial charge in [0.25, 0.3) is 0 Å². The Labute approximate surface area is 175 Å². The Hall–Kier alpha value is -3.54. The fourth-order valence-electron chi connectivity index (χ4n) is 4.07. The number of fused-ring (bicyclic) bond motifs is 3. The highest BCUT2D eigenvalue weighted by Crippen LogP contribution is 2.50. The molecule has 6 nitrogen and oxygen atoms in total. The molecular weight excluding hydrogens is 378 g/mol. The predicted octanol–water partition coefficient (Wildman–Crippen LogP) is 4.73. The van der Waals surface area contributed by atoms with Crippen LogP contribution in [0.4, 0.5) is 0 Å². The fraction of sp³-hybridized carbons (Fsp3) is 0.250. The first-order valence-corrected chi connectivity index (χ1v) is 10.1. The van der Waals surface area contributed by atoms with E-state index in [2.05, 4.69) is 23.2 Å². The molecule has 2 atom stereocenters. The van der Waals surface area contributed by atoms with Gasteiger partial charge in [0.1, 0.15) is 5.75 Å². The minimum atomic E-state index is -0.368. The number of para-hydroxylation sites is 1. The molecule has 0 aliphatic carbocycles. The second-order valence-electron chi connectivity index (χ2n) is 7.24. The lowest BCUT2D eigenvalue weighted by molar-refractivity contribution is -0.0211. The van der Waals surface area contributed by atoms with Gasteiger partial charge in [0.05, 0.1) is 25.5 Å². The molecule has 3 aromatic rings. The summed E-state index contributed by atoms with van der Waals surface area (Å²) in [6.07, 6.45) is 4.00. The van der Waals surface area contributed by atoms with Gasteiger partial charge in [0.2, 0.25) is 6.23 Å². The average molecular weight is 401 g/mol. The number of rotatable bonds is 5. The lowest BCUT2D eigenvalue weighted by Crippen LogP contribution is -2.33. The number of benzene rings is 2. The van der Waals surface area contributed by atoms with Gasteiger partial charge in [0, 0.05) is 29.9 Å². The highest BCUT2D eigenvalue weighted by atomic mass is 16.5. The van der Waals surface area contributed by atoms with Gasteiger partial charge in [-0.1, -0.05) is 18.2 Å². The van der Waals surface area contributed by atoms with Gasteiger partial charge in [-0.15, -0.1) is 0 Å². The van der Waals surface area contributed by atoms with Crippen molar-refractivity contribution in [3.8, 4) is 17.2 Å². The molecule has 0 saturated heterocycles. The van der Waals surface area contributed by atoms with E-state index < -0.39 is 0 Å². The number of hydrazone groups is 1. The van der Waals surface area contributed by atoms with E-state index in [9.17, 15) is 0 Å². The molecule has 6 heteroatoms. The number of methoxy groups -OCH3 is 1. The Morgan fingerprint density at radius 3 is 2.70 bits per heavy atom. The summed E-state index contributed by atoms with van der Waals surface area (Å²) in [5.41, 5.74) is 4.15. The number of ether oxygens (including phenoxy) is 3. The predicted molar refractivity (Wildman–Crippen MR) is 114 cm³/mol. The van der Waals surface area contributed by atoms with Crippen LogP contribution in [0.1, 0.15) is 42.3 Å². The fourth-order valence-corrected chi connectivity index (χ4v) is 4.07. The Morgan fingerprint density at radius 2 is 1.97 bits per heavy atom. The van der Waals surface area contributed by atoms with E-state index in [4.69, 9.17) is 19.3 Å². The van der Waals surface area contributed by atoms with Gasteiger partial charge in [-0.2, -0.15) is 5.10 Å². The third kappa shape index (κ3) is 3.14. The molecule has 0 bridgehead atoms. The molecule has 0 radical (unpaired) electrons. The van der Waals surface area contributed by atoms with E-state index in [0.717, 1.165) is 46.1 Å². The summed E-state index contributed by atoms with van der Waals surface area (Å²) in [4.78, 5) is 4.28. The van der Waals surface area contributed by atoms with Crippen molar-refractivity contribution in [2.45, 2.75) is 25.6 Å². The molecule has 0 fully saturated rings. The number of hydrogen-bond acceptors (Lipinski definition) is 6. The molecular formula is C24H23N3O3. The smallest absolute Gasteiger partial charge is 0.215 e. The molecule has 5 rings (SSSR count). The molecule has 152 valence electrons. The third-order valence-electron chi connectivity index (χ3n) is 5.47. The summed E-state index contributed by atoms with van der Waals surface area (Å²) in [7, 11) is 1.67. The van der Waals surface area contributed by atoms with Crippen LogP contribution in [-0.4, -0.2) is 29.4 Å². The monoisotopic (exact) mass is 401 g/mol. The zero-order valence-electron chi connectivity index (χ0n) is 17.0. The van der Waals surface area contributed by atoms with E-state index in [0.29, 0.717) is 6.61 Å². The van der Waals surface area contributed by atoms with Crippen molar-refractivity contribution in [3.05, 3.63) is 83.7 Å². The van der Waals surface area contributed by atoms with E-state index in [1.807, 2.05) is 54.5 Å². The minimum Gasteiger partial charge on any atom is -0.494 e. The molecule has 0 spiro atoms. The van der Waals surface area contributed by atoms with Crippen LogP contribution < -0.4 is 14.2 Å². The Balaban J connectivity index is 1.55. The summed E-state index contributed by atoms with van der Waals surface area (Å²) in [6, 6.07) is 18.1. The standard InChI is InChI=1S/C24H23N3O3/c1-3-29-18-11-9-16(10-12-18)20-14-21-19-7-4-8-22(28-2)23(19)30-24(27(21)26-20)17-6-5-13-25-15-17/h4-13,15,21,24H,3,14H2,1-2H3/t21-,24-/m1/s1. The molecule has 0 unspecified atom stereocenters. The zero-order valence-corrected chi connectivity index (χ0v) is 17.0. The van der Waals surface area contributed by atoms with Crippen molar-refractivity contribution in [2.24, 2.45) is 5.10 Å². The number of nitrogens with zero attached hydrogens (tertiary/aromatic N) is 3. The maximum Gasteiger partial charge on any atom is 0.215 e. The third-order valence-corrected chi connectivity index (χ3v) is 5.47. The molecule has 3 heterocycles. The maximum atomic E-state index is 6.42. The normalized spacial score (nSPS) is 19.4. The van der Waals surface area contributed by atoms with E-state index in [-0.39, 0.29) is 12.3 Å². The first kappa shape index (κ1) is 18.5. The van der Waals surface area contributed by atoms with Crippen LogP contribution in [0.5, 0.6) is 17.2 Å². The van der Waals surface area contributed by atoms with Crippen molar-refractivity contribution in [2.75, 3.05) is 13.7 Å². The summed E-state index contributed by atoms with van der Waals surface area (Å²) < 4.78 is 17.6. The van der Waals surface area contributed by atoms with E-state index in [1.165, 1.54) is 0 Å². The van der Waals surface area contributed by atoms with Gasteiger partial charge in [0.15, 0.2) is 11.5 Å². The second-order valence-corrected chi connectivity index (χ2v) is 7.24.